The minimum absolute atomic E-state index is 0.0957. The van der Waals surface area contributed by atoms with Crippen LogP contribution in [0.5, 0.6) is 0 Å². The van der Waals surface area contributed by atoms with Crippen LogP contribution in [0.25, 0.3) is 0 Å². The van der Waals surface area contributed by atoms with E-state index in [0.717, 1.165) is 31.5 Å². The zero-order chi connectivity index (χ0) is 16.8. The Morgan fingerprint density at radius 2 is 1.96 bits per heavy atom. The van der Waals surface area contributed by atoms with E-state index in [1.54, 1.807) is 24.5 Å². The molecule has 0 radical (unpaired) electrons. The predicted molar refractivity (Wildman–Crippen MR) is 92.4 cm³/mol. The summed E-state index contributed by atoms with van der Waals surface area (Å²) in [6.07, 6.45) is 5.42. The van der Waals surface area contributed by atoms with Gasteiger partial charge in [-0.3, -0.25) is 14.7 Å². The number of hydrogen-bond acceptors (Lipinski definition) is 4. The topological polar surface area (TPSA) is 65.5 Å². The Balaban J connectivity index is 1.65. The summed E-state index contributed by atoms with van der Waals surface area (Å²) >= 11 is 0. The van der Waals surface area contributed by atoms with Crippen molar-refractivity contribution in [3.63, 3.8) is 0 Å². The molecular weight excluding hydrogens is 302 g/mol. The molecule has 1 amide bonds. The first-order chi connectivity index (χ1) is 11.8. The number of carbonyl (C=O) groups is 1. The van der Waals surface area contributed by atoms with Crippen molar-refractivity contribution in [2.24, 2.45) is 0 Å². The molecule has 0 saturated carbocycles. The van der Waals surface area contributed by atoms with Crippen LogP contribution in [0, 0.1) is 0 Å². The van der Waals surface area contributed by atoms with Gasteiger partial charge in [0.05, 0.1) is 6.61 Å². The van der Waals surface area contributed by atoms with E-state index in [1.807, 2.05) is 18.2 Å². The van der Waals surface area contributed by atoms with Crippen molar-refractivity contribution in [3.8, 4) is 0 Å². The average Bonchev–Trinajstić information content (AvgIpc) is 3.08. The smallest absolute Gasteiger partial charge is 0.251 e. The standard InChI is InChI=1S/C19H23N3O2/c23-14-18-6-3-11-22(18)13-17-5-2-1-4-16(17)12-21-19(24)15-7-9-20-10-8-15/h1-2,4-5,7-10,18,23H,3,6,11-14H2,(H,21,24)/t18-/m1/s1. The maximum atomic E-state index is 12.2. The zero-order valence-electron chi connectivity index (χ0n) is 13.7. The van der Waals surface area contributed by atoms with Gasteiger partial charge in [0.2, 0.25) is 0 Å². The second-order valence-corrected chi connectivity index (χ2v) is 6.14. The lowest BCUT2D eigenvalue weighted by molar-refractivity contribution is 0.0950. The van der Waals surface area contributed by atoms with E-state index < -0.39 is 0 Å². The third kappa shape index (κ3) is 3.99. The van der Waals surface area contributed by atoms with E-state index in [4.69, 9.17) is 0 Å². The molecule has 0 spiro atoms. The third-order valence-electron chi connectivity index (χ3n) is 4.58. The van der Waals surface area contributed by atoms with E-state index in [2.05, 4.69) is 21.3 Å². The summed E-state index contributed by atoms with van der Waals surface area (Å²) in [5.74, 6) is -0.0957. The van der Waals surface area contributed by atoms with Crippen molar-refractivity contribution >= 4 is 5.91 Å². The third-order valence-corrected chi connectivity index (χ3v) is 4.58. The fourth-order valence-electron chi connectivity index (χ4n) is 3.19. The Bertz CT molecular complexity index is 675. The van der Waals surface area contributed by atoms with Gasteiger partial charge in [0.15, 0.2) is 0 Å². The Kier molecular flexibility index (Phi) is 5.56. The molecule has 1 fully saturated rings. The Morgan fingerprint density at radius 3 is 2.71 bits per heavy atom. The second-order valence-electron chi connectivity index (χ2n) is 6.14. The maximum absolute atomic E-state index is 12.2. The van der Waals surface area contributed by atoms with Gasteiger partial charge in [-0.2, -0.15) is 0 Å². The number of nitrogens with zero attached hydrogens (tertiary/aromatic N) is 2. The number of amides is 1. The summed E-state index contributed by atoms with van der Waals surface area (Å²) in [5.41, 5.74) is 2.93. The SMILES string of the molecule is O=C(NCc1ccccc1CN1CCC[C@@H]1CO)c1ccncc1. The molecule has 1 atom stereocenters. The molecule has 0 bridgehead atoms. The molecule has 1 aliphatic heterocycles. The van der Waals surface area contributed by atoms with Gasteiger partial charge < -0.3 is 10.4 Å². The molecule has 0 aliphatic carbocycles. The molecule has 5 heteroatoms. The van der Waals surface area contributed by atoms with Crippen LogP contribution in [0.2, 0.25) is 0 Å². The van der Waals surface area contributed by atoms with Crippen LogP contribution in [-0.2, 0) is 13.1 Å². The summed E-state index contributed by atoms with van der Waals surface area (Å²) in [6.45, 7) is 2.53. The molecule has 1 aromatic carbocycles. The van der Waals surface area contributed by atoms with Crippen LogP contribution >= 0.6 is 0 Å². The first-order valence-corrected chi connectivity index (χ1v) is 8.38. The van der Waals surface area contributed by atoms with Crippen molar-refractivity contribution in [3.05, 3.63) is 65.5 Å². The molecule has 126 valence electrons. The van der Waals surface area contributed by atoms with E-state index in [0.29, 0.717) is 12.1 Å². The highest BCUT2D eigenvalue weighted by molar-refractivity contribution is 5.93. The number of likely N-dealkylation sites (tertiary alicyclic amines) is 1. The number of benzene rings is 1. The second kappa shape index (κ2) is 8.04. The number of aromatic nitrogens is 1. The van der Waals surface area contributed by atoms with Crippen molar-refractivity contribution in [2.45, 2.75) is 32.0 Å². The lowest BCUT2D eigenvalue weighted by atomic mass is 10.1. The Morgan fingerprint density at radius 1 is 1.21 bits per heavy atom. The van der Waals surface area contributed by atoms with Gasteiger partial charge >= 0.3 is 0 Å². The van der Waals surface area contributed by atoms with E-state index >= 15 is 0 Å². The van der Waals surface area contributed by atoms with Crippen LogP contribution in [0.4, 0.5) is 0 Å². The molecule has 24 heavy (non-hydrogen) atoms. The van der Waals surface area contributed by atoms with Crippen molar-refractivity contribution in [2.75, 3.05) is 13.2 Å². The van der Waals surface area contributed by atoms with Gasteiger partial charge in [0, 0.05) is 37.1 Å². The lowest BCUT2D eigenvalue weighted by Gasteiger charge is -2.24. The maximum Gasteiger partial charge on any atom is 0.251 e. The molecule has 1 saturated heterocycles. The predicted octanol–water partition coefficient (Wildman–Crippen LogP) is 1.97. The van der Waals surface area contributed by atoms with Gasteiger partial charge in [-0.15, -0.1) is 0 Å². The van der Waals surface area contributed by atoms with Gasteiger partial charge in [-0.05, 0) is 42.6 Å². The van der Waals surface area contributed by atoms with E-state index in [9.17, 15) is 9.90 Å². The summed E-state index contributed by atoms with van der Waals surface area (Å²) in [7, 11) is 0. The molecule has 2 N–H and O–H groups in total. The first kappa shape index (κ1) is 16.6. The number of aliphatic hydroxyl groups excluding tert-OH is 1. The largest absolute Gasteiger partial charge is 0.395 e. The minimum atomic E-state index is -0.0957. The first-order valence-electron chi connectivity index (χ1n) is 8.38. The molecule has 5 nitrogen and oxygen atoms in total. The number of rotatable bonds is 6. The molecule has 1 aliphatic rings. The van der Waals surface area contributed by atoms with Gasteiger partial charge in [-0.1, -0.05) is 24.3 Å². The lowest BCUT2D eigenvalue weighted by Crippen LogP contribution is -2.32. The summed E-state index contributed by atoms with van der Waals surface area (Å²) in [5, 5.41) is 12.5. The monoisotopic (exact) mass is 325 g/mol. The summed E-state index contributed by atoms with van der Waals surface area (Å²) in [4.78, 5) is 18.4. The number of nitrogens with one attached hydrogen (secondary N) is 1. The Labute approximate surface area is 142 Å². The van der Waals surface area contributed by atoms with Crippen molar-refractivity contribution < 1.29 is 9.90 Å². The van der Waals surface area contributed by atoms with E-state index in [-0.39, 0.29) is 18.6 Å². The van der Waals surface area contributed by atoms with Crippen LogP contribution in [0.1, 0.15) is 34.3 Å². The molecule has 3 rings (SSSR count). The molecular formula is C19H23N3O2. The Hall–Kier alpha value is -2.24. The van der Waals surface area contributed by atoms with Crippen molar-refractivity contribution in [1.29, 1.82) is 0 Å². The van der Waals surface area contributed by atoms with Gasteiger partial charge in [-0.25, -0.2) is 0 Å². The fraction of sp³-hybridized carbons (Fsp3) is 0.368. The van der Waals surface area contributed by atoms with Crippen LogP contribution in [0.15, 0.2) is 48.8 Å². The highest BCUT2D eigenvalue weighted by atomic mass is 16.3. The molecule has 2 heterocycles. The van der Waals surface area contributed by atoms with Gasteiger partial charge in [0.1, 0.15) is 0 Å². The molecule has 1 aromatic heterocycles. The number of aliphatic hydroxyl groups is 1. The number of pyridine rings is 1. The highest BCUT2D eigenvalue weighted by Crippen LogP contribution is 2.21. The summed E-state index contributed by atoms with van der Waals surface area (Å²) < 4.78 is 0. The highest BCUT2D eigenvalue weighted by Gasteiger charge is 2.24. The van der Waals surface area contributed by atoms with Gasteiger partial charge in [0.25, 0.3) is 5.91 Å². The summed E-state index contributed by atoms with van der Waals surface area (Å²) in [6, 6.07) is 11.8. The molecule has 2 aromatic rings. The fourth-order valence-corrected chi connectivity index (χ4v) is 3.19. The van der Waals surface area contributed by atoms with Crippen LogP contribution in [-0.4, -0.2) is 40.1 Å². The quantitative estimate of drug-likeness (QED) is 0.852. The number of hydrogen-bond donors (Lipinski definition) is 2. The van der Waals surface area contributed by atoms with Crippen molar-refractivity contribution in [1.82, 2.24) is 15.2 Å². The molecule has 0 unspecified atom stereocenters. The van der Waals surface area contributed by atoms with Crippen LogP contribution < -0.4 is 5.32 Å². The van der Waals surface area contributed by atoms with E-state index in [1.165, 1.54) is 5.56 Å². The number of carbonyl (C=O) groups excluding carboxylic acids is 1. The minimum Gasteiger partial charge on any atom is -0.395 e. The average molecular weight is 325 g/mol. The van der Waals surface area contributed by atoms with Crippen LogP contribution in [0.3, 0.4) is 0 Å². The zero-order valence-corrected chi connectivity index (χ0v) is 13.7. The normalized spacial score (nSPS) is 17.8.